The maximum absolute atomic E-state index is 12.1. The Kier molecular flexibility index (Phi) is 4.38. The molecule has 1 fully saturated rings. The van der Waals surface area contributed by atoms with Gasteiger partial charge in [-0.2, -0.15) is 0 Å². The Morgan fingerprint density at radius 1 is 1.50 bits per heavy atom. The summed E-state index contributed by atoms with van der Waals surface area (Å²) in [4.78, 5) is 12.1. The van der Waals surface area contributed by atoms with E-state index >= 15 is 0 Å². The molecule has 2 unspecified atom stereocenters. The normalized spacial score (nSPS) is 25.2. The molecule has 1 saturated heterocycles. The number of fused-ring (bicyclic) bond motifs is 1. The van der Waals surface area contributed by atoms with Crippen molar-refractivity contribution in [1.29, 1.82) is 0 Å². The highest BCUT2D eigenvalue weighted by molar-refractivity contribution is 9.10. The average Bonchev–Trinajstić information content (AvgIpc) is 2.82. The highest BCUT2D eigenvalue weighted by atomic mass is 79.9. The summed E-state index contributed by atoms with van der Waals surface area (Å²) in [7, 11) is 0. The highest BCUT2D eigenvalue weighted by Gasteiger charge is 2.25. The van der Waals surface area contributed by atoms with E-state index in [2.05, 4.69) is 38.7 Å². The van der Waals surface area contributed by atoms with Crippen molar-refractivity contribution in [3.63, 3.8) is 0 Å². The third kappa shape index (κ3) is 3.22. The van der Waals surface area contributed by atoms with Gasteiger partial charge in [0.1, 0.15) is 0 Å². The van der Waals surface area contributed by atoms with Crippen molar-refractivity contribution in [2.24, 2.45) is 0 Å². The van der Waals surface area contributed by atoms with E-state index in [1.807, 2.05) is 6.07 Å². The van der Waals surface area contributed by atoms with Crippen LogP contribution >= 0.6 is 15.9 Å². The molecule has 1 aromatic rings. The van der Waals surface area contributed by atoms with Crippen LogP contribution < -0.4 is 10.6 Å². The molecule has 1 aromatic carbocycles. The lowest BCUT2D eigenvalue weighted by Gasteiger charge is -2.24. The van der Waals surface area contributed by atoms with Crippen LogP contribution in [0.2, 0.25) is 0 Å². The zero-order valence-corrected chi connectivity index (χ0v) is 12.9. The smallest absolute Gasteiger partial charge is 0.222 e. The van der Waals surface area contributed by atoms with Crippen molar-refractivity contribution < 1.29 is 9.53 Å². The van der Waals surface area contributed by atoms with E-state index in [1.165, 1.54) is 11.1 Å². The van der Waals surface area contributed by atoms with Gasteiger partial charge < -0.3 is 15.4 Å². The molecule has 108 valence electrons. The molecule has 0 radical (unpaired) electrons. The van der Waals surface area contributed by atoms with Crippen LogP contribution in [0.25, 0.3) is 0 Å². The van der Waals surface area contributed by atoms with E-state index in [-0.39, 0.29) is 18.0 Å². The van der Waals surface area contributed by atoms with Crippen LogP contribution in [0.5, 0.6) is 0 Å². The molecule has 2 aliphatic rings. The third-order valence-electron chi connectivity index (χ3n) is 3.95. The third-order valence-corrected chi connectivity index (χ3v) is 4.44. The predicted octanol–water partition coefficient (Wildman–Crippen LogP) is 1.93. The van der Waals surface area contributed by atoms with E-state index in [0.717, 1.165) is 30.5 Å². The first-order valence-electron chi connectivity index (χ1n) is 7.11. The lowest BCUT2D eigenvalue weighted by atomic mass is 10.1. The Morgan fingerprint density at radius 3 is 3.20 bits per heavy atom. The molecule has 2 atom stereocenters. The number of halogens is 1. The topological polar surface area (TPSA) is 50.4 Å². The second kappa shape index (κ2) is 6.24. The first kappa shape index (κ1) is 14.0. The summed E-state index contributed by atoms with van der Waals surface area (Å²) >= 11 is 3.49. The second-order valence-electron chi connectivity index (χ2n) is 5.43. The van der Waals surface area contributed by atoms with E-state index < -0.39 is 0 Å². The van der Waals surface area contributed by atoms with Gasteiger partial charge in [-0.25, -0.2) is 0 Å². The number of hydrogen-bond donors (Lipinski definition) is 2. The van der Waals surface area contributed by atoms with Gasteiger partial charge in [-0.3, -0.25) is 4.79 Å². The Bertz CT molecular complexity index is 501. The van der Waals surface area contributed by atoms with Gasteiger partial charge in [-0.15, -0.1) is 0 Å². The summed E-state index contributed by atoms with van der Waals surface area (Å²) in [6, 6.07) is 6.61. The van der Waals surface area contributed by atoms with Crippen molar-refractivity contribution >= 4 is 21.8 Å². The number of ether oxygens (including phenoxy) is 1. The Balaban J connectivity index is 1.58. The van der Waals surface area contributed by atoms with E-state index in [9.17, 15) is 4.79 Å². The summed E-state index contributed by atoms with van der Waals surface area (Å²) in [5, 5.41) is 6.46. The fourth-order valence-corrected chi connectivity index (χ4v) is 3.37. The molecule has 3 rings (SSSR count). The number of carbonyl (C=O) groups excluding carboxylic acids is 1. The Morgan fingerprint density at radius 2 is 2.40 bits per heavy atom. The minimum Gasteiger partial charge on any atom is -0.378 e. The van der Waals surface area contributed by atoms with Gasteiger partial charge >= 0.3 is 0 Å². The van der Waals surface area contributed by atoms with Crippen LogP contribution in [0.4, 0.5) is 0 Å². The number of aryl methyl sites for hydroxylation is 1. The Hall–Kier alpha value is -0.910. The zero-order chi connectivity index (χ0) is 13.9. The first-order valence-corrected chi connectivity index (χ1v) is 7.90. The van der Waals surface area contributed by atoms with Gasteiger partial charge in [0.2, 0.25) is 5.91 Å². The number of morpholine rings is 1. The largest absolute Gasteiger partial charge is 0.378 e. The molecule has 1 aliphatic carbocycles. The van der Waals surface area contributed by atoms with Crippen LogP contribution in [-0.2, 0) is 16.0 Å². The first-order chi connectivity index (χ1) is 9.72. The summed E-state index contributed by atoms with van der Waals surface area (Å²) in [5.74, 6) is 0.105. The molecule has 1 heterocycles. The molecule has 20 heavy (non-hydrogen) atoms. The zero-order valence-electron chi connectivity index (χ0n) is 11.3. The number of nitrogens with one attached hydrogen (secondary N) is 2. The van der Waals surface area contributed by atoms with Gasteiger partial charge in [0.15, 0.2) is 0 Å². The molecular formula is C15H19BrN2O2. The van der Waals surface area contributed by atoms with Crippen LogP contribution in [0.15, 0.2) is 22.7 Å². The minimum atomic E-state index is 0.105. The average molecular weight is 339 g/mol. The predicted molar refractivity (Wildman–Crippen MR) is 80.6 cm³/mol. The van der Waals surface area contributed by atoms with Crippen molar-refractivity contribution in [2.45, 2.75) is 31.3 Å². The monoisotopic (exact) mass is 338 g/mol. The van der Waals surface area contributed by atoms with Crippen LogP contribution in [0.3, 0.4) is 0 Å². The molecule has 0 saturated carbocycles. The van der Waals surface area contributed by atoms with Crippen molar-refractivity contribution in [1.82, 2.24) is 10.6 Å². The molecule has 2 N–H and O–H groups in total. The summed E-state index contributed by atoms with van der Waals surface area (Å²) in [5.41, 5.74) is 2.60. The maximum atomic E-state index is 12.1. The number of hydrogen-bond acceptors (Lipinski definition) is 3. The van der Waals surface area contributed by atoms with Crippen LogP contribution in [0, 0.1) is 0 Å². The molecule has 1 aliphatic heterocycles. The summed E-state index contributed by atoms with van der Waals surface area (Å²) < 4.78 is 6.48. The van der Waals surface area contributed by atoms with Gasteiger partial charge in [-0.1, -0.05) is 22.0 Å². The van der Waals surface area contributed by atoms with E-state index in [4.69, 9.17) is 4.74 Å². The number of carbonyl (C=O) groups is 1. The van der Waals surface area contributed by atoms with Gasteiger partial charge in [0, 0.05) is 23.5 Å². The highest BCUT2D eigenvalue weighted by Crippen LogP contribution is 2.32. The Labute approximate surface area is 127 Å². The lowest BCUT2D eigenvalue weighted by Crippen LogP contribution is -2.44. The lowest BCUT2D eigenvalue weighted by molar-refractivity contribution is -0.123. The molecule has 5 heteroatoms. The number of benzene rings is 1. The molecular weight excluding hydrogens is 320 g/mol. The molecule has 4 nitrogen and oxygen atoms in total. The van der Waals surface area contributed by atoms with Crippen LogP contribution in [0.1, 0.15) is 30.0 Å². The molecule has 0 spiro atoms. The SMILES string of the molecule is O=C(CC1COCCN1)NC1CCc2cc(Br)ccc21. The van der Waals surface area contributed by atoms with Gasteiger partial charge in [0.05, 0.1) is 19.3 Å². The standard InChI is InChI=1S/C15H19BrN2O2/c16-11-2-3-13-10(7-11)1-4-14(13)18-15(19)8-12-9-20-6-5-17-12/h2-3,7,12,14,17H,1,4-6,8-9H2,(H,18,19). The minimum absolute atomic E-state index is 0.105. The van der Waals surface area contributed by atoms with Crippen LogP contribution in [-0.4, -0.2) is 31.7 Å². The van der Waals surface area contributed by atoms with E-state index in [1.54, 1.807) is 0 Å². The van der Waals surface area contributed by atoms with E-state index in [0.29, 0.717) is 13.0 Å². The molecule has 0 aromatic heterocycles. The van der Waals surface area contributed by atoms with Crippen molar-refractivity contribution in [3.05, 3.63) is 33.8 Å². The summed E-state index contributed by atoms with van der Waals surface area (Å²) in [6.07, 6.45) is 2.51. The molecule has 1 amide bonds. The van der Waals surface area contributed by atoms with Gasteiger partial charge in [-0.05, 0) is 36.1 Å². The maximum Gasteiger partial charge on any atom is 0.222 e. The second-order valence-corrected chi connectivity index (χ2v) is 6.35. The quantitative estimate of drug-likeness (QED) is 0.885. The fourth-order valence-electron chi connectivity index (χ4n) is 2.96. The number of amides is 1. The van der Waals surface area contributed by atoms with Gasteiger partial charge in [0.25, 0.3) is 0 Å². The van der Waals surface area contributed by atoms with Crippen molar-refractivity contribution in [2.75, 3.05) is 19.8 Å². The fraction of sp³-hybridized carbons (Fsp3) is 0.533. The summed E-state index contributed by atoms with van der Waals surface area (Å²) in [6.45, 7) is 2.20. The number of rotatable bonds is 3. The van der Waals surface area contributed by atoms with Crippen molar-refractivity contribution in [3.8, 4) is 0 Å². The molecule has 0 bridgehead atoms.